The molecule has 2 bridgehead atoms. The van der Waals surface area contributed by atoms with Crippen molar-refractivity contribution in [3.05, 3.63) is 42.5 Å². The van der Waals surface area contributed by atoms with E-state index in [0.717, 1.165) is 36.7 Å². The van der Waals surface area contributed by atoms with Gasteiger partial charge in [-0.1, -0.05) is 30.3 Å². The van der Waals surface area contributed by atoms with Crippen LogP contribution in [0.4, 0.5) is 0 Å². The summed E-state index contributed by atoms with van der Waals surface area (Å²) < 4.78 is 28.2. The molecule has 3 aliphatic heterocycles. The quantitative estimate of drug-likeness (QED) is 0.858. The lowest BCUT2D eigenvalue weighted by atomic mass is 9.76. The normalized spacial score (nSPS) is 28.8. The number of piperidine rings is 3. The highest BCUT2D eigenvalue weighted by atomic mass is 32.2. The van der Waals surface area contributed by atoms with Crippen LogP contribution in [0.5, 0.6) is 0 Å². The summed E-state index contributed by atoms with van der Waals surface area (Å²) in [5.74, 6) is 3.74. The van der Waals surface area contributed by atoms with E-state index < -0.39 is 10.0 Å². The van der Waals surface area contributed by atoms with Crippen molar-refractivity contribution in [2.24, 2.45) is 11.8 Å². The predicted molar refractivity (Wildman–Crippen MR) is 99.5 cm³/mol. The molecule has 1 unspecified atom stereocenters. The number of nitrogens with one attached hydrogen (secondary N) is 1. The van der Waals surface area contributed by atoms with Gasteiger partial charge in [-0.3, -0.25) is 4.90 Å². The van der Waals surface area contributed by atoms with Crippen molar-refractivity contribution in [2.45, 2.75) is 23.8 Å². The molecule has 3 fully saturated rings. The molecule has 0 aromatic heterocycles. The Hall–Kier alpha value is -1.87. The zero-order chi connectivity index (χ0) is 17.4. The molecule has 3 aliphatic rings. The first-order valence-corrected chi connectivity index (χ1v) is 10.2. The second kappa shape index (κ2) is 6.45. The molecule has 0 aliphatic carbocycles. The minimum Gasteiger partial charge on any atom is -0.298 e. The molecule has 130 valence electrons. The lowest BCUT2D eigenvalue weighted by molar-refractivity contribution is 0.0251. The topological polar surface area (TPSA) is 49.4 Å². The Morgan fingerprint density at radius 2 is 2.00 bits per heavy atom. The molecule has 2 aromatic rings. The Kier molecular flexibility index (Phi) is 4.28. The van der Waals surface area contributed by atoms with Gasteiger partial charge in [0.15, 0.2) is 0 Å². The van der Waals surface area contributed by atoms with E-state index in [1.54, 1.807) is 12.1 Å². The monoisotopic (exact) mass is 354 g/mol. The number of fused-ring (bicyclic) bond motifs is 4. The standard InChI is InChI=1S/C20H22N2O2S/c1-2-15-14-22-10-9-18(15)11-19(22)13-21-25(23,24)20-8-7-16-5-3-4-6-17(16)12-20/h1,3-8,12,15,18-19,21H,9-11,13-14H2/t15-,18+,19-/m1/s1. The van der Waals surface area contributed by atoms with E-state index in [2.05, 4.69) is 15.5 Å². The molecule has 25 heavy (non-hydrogen) atoms. The highest BCUT2D eigenvalue weighted by Crippen LogP contribution is 2.35. The Morgan fingerprint density at radius 3 is 2.72 bits per heavy atom. The van der Waals surface area contributed by atoms with Crippen LogP contribution in [0.15, 0.2) is 47.4 Å². The fourth-order valence-corrected chi connectivity index (χ4v) is 5.27. The first-order chi connectivity index (χ1) is 12.1. The van der Waals surface area contributed by atoms with Crippen LogP contribution in [0.2, 0.25) is 0 Å². The van der Waals surface area contributed by atoms with Crippen molar-refractivity contribution in [1.82, 2.24) is 9.62 Å². The molecule has 4 nitrogen and oxygen atoms in total. The van der Waals surface area contributed by atoms with Gasteiger partial charge in [0.1, 0.15) is 0 Å². The van der Waals surface area contributed by atoms with E-state index in [1.165, 1.54) is 0 Å². The van der Waals surface area contributed by atoms with E-state index >= 15 is 0 Å². The lowest BCUT2D eigenvalue weighted by Gasteiger charge is -2.48. The lowest BCUT2D eigenvalue weighted by Crippen LogP contribution is -2.56. The number of sulfonamides is 1. The summed E-state index contributed by atoms with van der Waals surface area (Å²) >= 11 is 0. The van der Waals surface area contributed by atoms with Crippen molar-refractivity contribution in [3.8, 4) is 12.3 Å². The molecule has 0 radical (unpaired) electrons. The third-order valence-electron chi connectivity index (χ3n) is 5.63. The number of hydrogen-bond donors (Lipinski definition) is 1. The minimum absolute atomic E-state index is 0.249. The summed E-state index contributed by atoms with van der Waals surface area (Å²) in [6.45, 7) is 2.36. The van der Waals surface area contributed by atoms with E-state index in [9.17, 15) is 8.42 Å². The van der Waals surface area contributed by atoms with Crippen LogP contribution in [-0.2, 0) is 10.0 Å². The molecule has 4 atom stereocenters. The fourth-order valence-electron chi connectivity index (χ4n) is 4.16. The van der Waals surface area contributed by atoms with Gasteiger partial charge >= 0.3 is 0 Å². The maximum atomic E-state index is 12.7. The van der Waals surface area contributed by atoms with Gasteiger partial charge in [0.05, 0.1) is 4.90 Å². The highest BCUT2D eigenvalue weighted by Gasteiger charge is 2.39. The third kappa shape index (κ3) is 3.18. The molecule has 3 saturated heterocycles. The number of hydrogen-bond acceptors (Lipinski definition) is 3. The molecule has 0 amide bonds. The van der Waals surface area contributed by atoms with Gasteiger partial charge in [0.2, 0.25) is 10.0 Å². The van der Waals surface area contributed by atoms with E-state index in [0.29, 0.717) is 23.3 Å². The van der Waals surface area contributed by atoms with Crippen LogP contribution < -0.4 is 4.72 Å². The average Bonchev–Trinajstić information content (AvgIpc) is 2.66. The number of benzene rings is 2. The Bertz CT molecular complexity index is 932. The first kappa shape index (κ1) is 16.6. The summed E-state index contributed by atoms with van der Waals surface area (Å²) in [5, 5.41) is 1.97. The van der Waals surface area contributed by atoms with E-state index in [-0.39, 0.29) is 6.04 Å². The largest absolute Gasteiger partial charge is 0.298 e. The number of terminal acetylenes is 1. The van der Waals surface area contributed by atoms with Gasteiger partial charge in [-0.2, -0.15) is 0 Å². The zero-order valence-corrected chi connectivity index (χ0v) is 14.9. The van der Waals surface area contributed by atoms with E-state index in [4.69, 9.17) is 6.42 Å². The Labute approximate surface area is 149 Å². The molecule has 0 saturated carbocycles. The smallest absolute Gasteiger partial charge is 0.240 e. The van der Waals surface area contributed by atoms with Crippen LogP contribution in [0.3, 0.4) is 0 Å². The van der Waals surface area contributed by atoms with Crippen molar-refractivity contribution in [1.29, 1.82) is 0 Å². The van der Waals surface area contributed by atoms with Gasteiger partial charge in [-0.05, 0) is 48.2 Å². The van der Waals surface area contributed by atoms with Crippen molar-refractivity contribution < 1.29 is 8.42 Å². The Morgan fingerprint density at radius 1 is 1.20 bits per heavy atom. The predicted octanol–water partition coefficient (Wildman–Crippen LogP) is 2.46. The second-order valence-corrected chi connectivity index (χ2v) is 8.83. The first-order valence-electron chi connectivity index (χ1n) is 8.75. The van der Waals surface area contributed by atoms with Crippen LogP contribution >= 0.6 is 0 Å². The van der Waals surface area contributed by atoms with Gasteiger partial charge in [-0.25, -0.2) is 13.1 Å². The third-order valence-corrected chi connectivity index (χ3v) is 7.05. The summed E-state index contributed by atoms with van der Waals surface area (Å²) in [6.07, 6.45) is 7.72. The SMILES string of the molecule is C#C[C@@H]1CN2CC[C@H]1C[C@@H]2CNS(=O)(=O)c1ccc2ccccc2c1. The summed E-state index contributed by atoms with van der Waals surface area (Å²) in [7, 11) is -3.50. The summed E-state index contributed by atoms with van der Waals surface area (Å²) in [6, 6.07) is 13.3. The van der Waals surface area contributed by atoms with Gasteiger partial charge in [-0.15, -0.1) is 12.3 Å². The van der Waals surface area contributed by atoms with Crippen molar-refractivity contribution in [3.63, 3.8) is 0 Å². The van der Waals surface area contributed by atoms with Crippen LogP contribution in [0.1, 0.15) is 12.8 Å². The number of rotatable bonds is 4. The van der Waals surface area contributed by atoms with Gasteiger partial charge in [0.25, 0.3) is 0 Å². The molecular weight excluding hydrogens is 332 g/mol. The van der Waals surface area contributed by atoms with Crippen LogP contribution in [0.25, 0.3) is 10.8 Å². The average molecular weight is 354 g/mol. The maximum absolute atomic E-state index is 12.7. The van der Waals surface area contributed by atoms with Crippen molar-refractivity contribution in [2.75, 3.05) is 19.6 Å². The molecular formula is C20H22N2O2S. The van der Waals surface area contributed by atoms with Gasteiger partial charge in [0, 0.05) is 25.0 Å². The van der Waals surface area contributed by atoms with E-state index in [1.807, 2.05) is 30.3 Å². The molecule has 5 heteroatoms. The summed E-state index contributed by atoms with van der Waals surface area (Å²) in [5.41, 5.74) is 0. The van der Waals surface area contributed by atoms with Crippen LogP contribution in [0, 0.1) is 24.2 Å². The number of nitrogens with zero attached hydrogens (tertiary/aromatic N) is 1. The molecule has 5 rings (SSSR count). The maximum Gasteiger partial charge on any atom is 0.240 e. The molecule has 3 heterocycles. The summed E-state index contributed by atoms with van der Waals surface area (Å²) in [4.78, 5) is 2.66. The minimum atomic E-state index is -3.50. The molecule has 0 spiro atoms. The molecule has 1 N–H and O–H groups in total. The highest BCUT2D eigenvalue weighted by molar-refractivity contribution is 7.89. The van der Waals surface area contributed by atoms with Crippen LogP contribution in [-0.4, -0.2) is 39.0 Å². The fraction of sp³-hybridized carbons (Fsp3) is 0.400. The van der Waals surface area contributed by atoms with Gasteiger partial charge < -0.3 is 0 Å². The second-order valence-electron chi connectivity index (χ2n) is 7.07. The zero-order valence-electron chi connectivity index (χ0n) is 14.1. The Balaban J connectivity index is 1.47. The molecule has 2 aromatic carbocycles. The van der Waals surface area contributed by atoms with Crippen molar-refractivity contribution >= 4 is 20.8 Å².